The summed E-state index contributed by atoms with van der Waals surface area (Å²) in [5.41, 5.74) is 1.24. The summed E-state index contributed by atoms with van der Waals surface area (Å²) in [7, 11) is 0. The first-order chi connectivity index (χ1) is 12.2. The molecule has 5 nitrogen and oxygen atoms in total. The Balaban J connectivity index is 1.95. The van der Waals surface area contributed by atoms with Crippen LogP contribution in [0.3, 0.4) is 0 Å². The first-order valence-electron chi connectivity index (χ1n) is 7.90. The molecule has 4 rings (SSSR count). The van der Waals surface area contributed by atoms with Crippen molar-refractivity contribution in [1.82, 2.24) is 9.66 Å². The number of para-hydroxylation sites is 1. The van der Waals surface area contributed by atoms with Gasteiger partial charge in [-0.15, -0.1) is 0 Å². The normalized spacial score (nSPS) is 11.4. The van der Waals surface area contributed by atoms with Crippen LogP contribution in [0.5, 0.6) is 0 Å². The zero-order valence-corrected chi connectivity index (χ0v) is 13.6. The van der Waals surface area contributed by atoms with E-state index in [4.69, 9.17) is 4.42 Å². The fourth-order valence-electron chi connectivity index (χ4n) is 2.64. The molecule has 122 valence electrons. The van der Waals surface area contributed by atoms with Crippen LogP contribution in [0.4, 0.5) is 0 Å². The Kier molecular flexibility index (Phi) is 3.74. The predicted octanol–water partition coefficient (Wildman–Crippen LogP) is 3.85. The Bertz CT molecular complexity index is 1120. The van der Waals surface area contributed by atoms with Crippen LogP contribution in [-0.4, -0.2) is 15.9 Å². The molecule has 0 amide bonds. The molecule has 0 saturated carbocycles. The largest absolute Gasteiger partial charge is 0.460 e. The minimum absolute atomic E-state index is 0.219. The molecule has 5 heteroatoms. The summed E-state index contributed by atoms with van der Waals surface area (Å²) < 4.78 is 6.81. The number of nitrogens with zero attached hydrogens (tertiary/aromatic N) is 3. The highest BCUT2D eigenvalue weighted by molar-refractivity contribution is 5.80. The Morgan fingerprint density at radius 3 is 2.52 bits per heavy atom. The van der Waals surface area contributed by atoms with Crippen molar-refractivity contribution in [1.29, 1.82) is 0 Å². The molecular formula is C20H15N3O2. The van der Waals surface area contributed by atoms with Gasteiger partial charge in [-0.05, 0) is 31.2 Å². The molecule has 0 aliphatic rings. The molecule has 0 aliphatic heterocycles. The minimum atomic E-state index is -0.219. The zero-order valence-electron chi connectivity index (χ0n) is 13.6. The summed E-state index contributed by atoms with van der Waals surface area (Å²) >= 11 is 0. The van der Waals surface area contributed by atoms with Crippen LogP contribution >= 0.6 is 0 Å². The highest BCUT2D eigenvalue weighted by Gasteiger charge is 2.12. The monoisotopic (exact) mass is 329 g/mol. The maximum atomic E-state index is 12.9. The first kappa shape index (κ1) is 15.1. The summed E-state index contributed by atoms with van der Waals surface area (Å²) in [4.78, 5) is 17.6. The molecule has 25 heavy (non-hydrogen) atoms. The molecule has 0 aliphatic carbocycles. The van der Waals surface area contributed by atoms with E-state index in [1.165, 1.54) is 10.9 Å². The molecule has 0 spiro atoms. The van der Waals surface area contributed by atoms with E-state index in [0.717, 1.165) is 11.3 Å². The van der Waals surface area contributed by atoms with Crippen molar-refractivity contribution in [3.8, 4) is 11.4 Å². The van der Waals surface area contributed by atoms with Crippen molar-refractivity contribution in [2.75, 3.05) is 0 Å². The van der Waals surface area contributed by atoms with Crippen LogP contribution in [0.2, 0.25) is 0 Å². The highest BCUT2D eigenvalue weighted by atomic mass is 16.3. The number of furan rings is 1. The van der Waals surface area contributed by atoms with Gasteiger partial charge in [0.05, 0.1) is 17.1 Å². The molecule has 2 heterocycles. The second-order valence-corrected chi connectivity index (χ2v) is 5.63. The number of hydrogen-bond acceptors (Lipinski definition) is 4. The number of rotatable bonds is 3. The number of benzene rings is 2. The Hall–Kier alpha value is -3.47. The lowest BCUT2D eigenvalue weighted by Crippen LogP contribution is -2.20. The van der Waals surface area contributed by atoms with E-state index in [1.54, 1.807) is 12.1 Å². The van der Waals surface area contributed by atoms with Gasteiger partial charge in [-0.25, -0.2) is 4.98 Å². The molecule has 0 N–H and O–H groups in total. The van der Waals surface area contributed by atoms with Crippen molar-refractivity contribution in [2.24, 2.45) is 5.10 Å². The highest BCUT2D eigenvalue weighted by Crippen LogP contribution is 2.18. The summed E-state index contributed by atoms with van der Waals surface area (Å²) in [6, 6.07) is 20.4. The Morgan fingerprint density at radius 1 is 1.00 bits per heavy atom. The summed E-state index contributed by atoms with van der Waals surface area (Å²) in [5, 5.41) is 4.86. The van der Waals surface area contributed by atoms with Crippen LogP contribution in [-0.2, 0) is 0 Å². The predicted molar refractivity (Wildman–Crippen MR) is 97.9 cm³/mol. The number of hydrogen-bond donors (Lipinski definition) is 0. The van der Waals surface area contributed by atoms with Crippen LogP contribution in [0, 0.1) is 6.92 Å². The van der Waals surface area contributed by atoms with E-state index in [-0.39, 0.29) is 5.56 Å². The second-order valence-electron chi connectivity index (χ2n) is 5.63. The summed E-state index contributed by atoms with van der Waals surface area (Å²) in [6.45, 7) is 1.86. The number of aryl methyl sites for hydroxylation is 1. The van der Waals surface area contributed by atoms with Crippen molar-refractivity contribution < 1.29 is 4.42 Å². The third-order valence-electron chi connectivity index (χ3n) is 3.85. The van der Waals surface area contributed by atoms with Crippen molar-refractivity contribution >= 4 is 17.1 Å². The van der Waals surface area contributed by atoms with E-state index in [1.807, 2.05) is 61.5 Å². The lowest BCUT2D eigenvalue weighted by Gasteiger charge is -2.09. The Labute approximate surface area is 143 Å². The van der Waals surface area contributed by atoms with Gasteiger partial charge in [0.1, 0.15) is 11.5 Å². The van der Waals surface area contributed by atoms with Gasteiger partial charge in [-0.1, -0.05) is 42.5 Å². The second kappa shape index (κ2) is 6.20. The van der Waals surface area contributed by atoms with Gasteiger partial charge in [0.15, 0.2) is 5.82 Å². The topological polar surface area (TPSA) is 60.4 Å². The molecule has 2 aromatic carbocycles. The lowest BCUT2D eigenvalue weighted by atomic mass is 10.2. The molecule has 0 fully saturated rings. The zero-order chi connectivity index (χ0) is 17.2. The smallest absolute Gasteiger partial charge is 0.282 e. The van der Waals surface area contributed by atoms with Gasteiger partial charge in [-0.2, -0.15) is 9.78 Å². The van der Waals surface area contributed by atoms with Gasteiger partial charge < -0.3 is 4.42 Å². The molecule has 0 saturated heterocycles. The number of fused-ring (bicyclic) bond motifs is 1. The van der Waals surface area contributed by atoms with E-state index in [9.17, 15) is 4.79 Å². The average molecular weight is 329 g/mol. The number of aromatic nitrogens is 2. The molecule has 0 bridgehead atoms. The Morgan fingerprint density at radius 2 is 1.76 bits per heavy atom. The van der Waals surface area contributed by atoms with Gasteiger partial charge in [0.25, 0.3) is 5.56 Å². The molecule has 2 aromatic heterocycles. The van der Waals surface area contributed by atoms with E-state index < -0.39 is 0 Å². The molecule has 0 unspecified atom stereocenters. The fraction of sp³-hybridized carbons (Fsp3) is 0.0500. The maximum Gasteiger partial charge on any atom is 0.282 e. The quantitative estimate of drug-likeness (QED) is 0.536. The van der Waals surface area contributed by atoms with Crippen LogP contribution < -0.4 is 5.56 Å². The maximum absolute atomic E-state index is 12.9. The van der Waals surface area contributed by atoms with Crippen molar-refractivity contribution in [3.63, 3.8) is 0 Å². The first-order valence-corrected chi connectivity index (χ1v) is 7.90. The molecule has 4 aromatic rings. The van der Waals surface area contributed by atoms with Gasteiger partial charge >= 0.3 is 0 Å². The third kappa shape index (κ3) is 2.87. The molecule has 0 radical (unpaired) electrons. The average Bonchev–Trinajstić information content (AvgIpc) is 3.07. The SMILES string of the molecule is Cc1ccc(C=Nn2c(-c3ccccc3)nc3ccccc3c2=O)o1. The third-order valence-corrected chi connectivity index (χ3v) is 3.85. The van der Waals surface area contributed by atoms with Crippen LogP contribution in [0.25, 0.3) is 22.3 Å². The van der Waals surface area contributed by atoms with Crippen LogP contribution in [0.1, 0.15) is 11.5 Å². The van der Waals surface area contributed by atoms with E-state index in [0.29, 0.717) is 22.5 Å². The standard InChI is InChI=1S/C20H15N3O2/c1-14-11-12-16(25-14)13-21-23-19(15-7-3-2-4-8-15)22-18-10-6-5-9-17(18)20(23)24/h2-13H,1H3. The summed E-state index contributed by atoms with van der Waals surface area (Å²) in [5.74, 6) is 1.86. The van der Waals surface area contributed by atoms with Crippen LogP contribution in [0.15, 0.2) is 81.0 Å². The van der Waals surface area contributed by atoms with E-state index in [2.05, 4.69) is 10.1 Å². The minimum Gasteiger partial charge on any atom is -0.460 e. The molecular weight excluding hydrogens is 314 g/mol. The fourth-order valence-corrected chi connectivity index (χ4v) is 2.64. The van der Waals surface area contributed by atoms with Gasteiger partial charge in [0.2, 0.25) is 0 Å². The van der Waals surface area contributed by atoms with Crippen molar-refractivity contribution in [3.05, 3.63) is 88.6 Å². The van der Waals surface area contributed by atoms with Gasteiger partial charge in [0, 0.05) is 5.56 Å². The van der Waals surface area contributed by atoms with E-state index >= 15 is 0 Å². The lowest BCUT2D eigenvalue weighted by molar-refractivity contribution is 0.527. The van der Waals surface area contributed by atoms with Gasteiger partial charge in [-0.3, -0.25) is 4.79 Å². The van der Waals surface area contributed by atoms with Crippen molar-refractivity contribution in [2.45, 2.75) is 6.92 Å². The molecule has 0 atom stereocenters. The summed E-state index contributed by atoms with van der Waals surface area (Å²) in [6.07, 6.45) is 1.53.